The van der Waals surface area contributed by atoms with Crippen molar-refractivity contribution in [3.63, 3.8) is 0 Å². The third kappa shape index (κ3) is 6.45. The van der Waals surface area contributed by atoms with Gasteiger partial charge >= 0.3 is 5.97 Å². The number of benzene rings is 3. The van der Waals surface area contributed by atoms with Crippen molar-refractivity contribution in [1.29, 1.82) is 0 Å². The predicted octanol–water partition coefficient (Wildman–Crippen LogP) is 4.21. The number of carbonyl (C=O) groups excluding carboxylic acids is 1. The van der Waals surface area contributed by atoms with Gasteiger partial charge < -0.3 is 10.4 Å². The fourth-order valence-electron chi connectivity index (χ4n) is 3.33. The monoisotopic (exact) mass is 480 g/mol. The fourth-order valence-corrected chi connectivity index (χ4v) is 4.39. The number of sulfonamides is 1. The summed E-state index contributed by atoms with van der Waals surface area (Å²) in [6.45, 7) is 6.15. The third-order valence-electron chi connectivity index (χ3n) is 5.32. The van der Waals surface area contributed by atoms with E-state index >= 15 is 0 Å². The Bertz CT molecular complexity index is 1250. The average Bonchev–Trinajstić information content (AvgIpc) is 2.79. The first-order valence-corrected chi connectivity index (χ1v) is 12.2. The van der Waals surface area contributed by atoms with Crippen molar-refractivity contribution in [2.75, 3.05) is 4.72 Å². The first-order chi connectivity index (χ1) is 16.0. The molecule has 0 spiro atoms. The van der Waals surface area contributed by atoms with E-state index in [0.29, 0.717) is 0 Å². The van der Waals surface area contributed by atoms with Crippen LogP contribution in [0.15, 0.2) is 83.8 Å². The number of hydrogen-bond donors (Lipinski definition) is 3. The van der Waals surface area contributed by atoms with E-state index in [1.807, 2.05) is 26.8 Å². The summed E-state index contributed by atoms with van der Waals surface area (Å²) >= 11 is 0. The molecule has 0 bridgehead atoms. The number of carboxylic acid groups (broad SMARTS) is 1. The Hall–Kier alpha value is -3.65. The van der Waals surface area contributed by atoms with E-state index in [1.165, 1.54) is 24.3 Å². The molecule has 178 valence electrons. The lowest BCUT2D eigenvalue weighted by molar-refractivity contribution is -0.139. The van der Waals surface area contributed by atoms with E-state index < -0.39 is 27.9 Å². The zero-order valence-corrected chi connectivity index (χ0v) is 20.1. The van der Waals surface area contributed by atoms with Gasteiger partial charge in [0.25, 0.3) is 15.9 Å². The number of rotatable bonds is 8. The molecule has 3 N–H and O–H groups in total. The number of anilines is 1. The lowest BCUT2D eigenvalue weighted by Gasteiger charge is -2.19. The van der Waals surface area contributed by atoms with Gasteiger partial charge in [-0.15, -0.1) is 0 Å². The van der Waals surface area contributed by atoms with Crippen LogP contribution < -0.4 is 10.0 Å². The first kappa shape index (κ1) is 25.0. The maximum Gasteiger partial charge on any atom is 0.326 e. The molecule has 0 aromatic heterocycles. The largest absolute Gasteiger partial charge is 0.480 e. The Morgan fingerprint density at radius 2 is 1.47 bits per heavy atom. The van der Waals surface area contributed by atoms with Gasteiger partial charge in [-0.05, 0) is 52.9 Å². The molecule has 0 aliphatic carbocycles. The zero-order valence-electron chi connectivity index (χ0n) is 19.3. The van der Waals surface area contributed by atoms with Crippen LogP contribution in [-0.4, -0.2) is 31.4 Å². The molecule has 34 heavy (non-hydrogen) atoms. The Morgan fingerprint density at radius 1 is 0.882 bits per heavy atom. The molecule has 0 saturated carbocycles. The highest BCUT2D eigenvalue weighted by molar-refractivity contribution is 7.92. The van der Waals surface area contributed by atoms with E-state index in [2.05, 4.69) is 10.0 Å². The third-order valence-corrected chi connectivity index (χ3v) is 6.71. The van der Waals surface area contributed by atoms with Gasteiger partial charge in [-0.1, -0.05) is 63.2 Å². The standard InChI is InChI=1S/C26H28N2O5S/c1-26(2,3)20-11-15-22(16-12-20)34(32,33)28-21-13-9-19(10-14-21)24(29)27-23(25(30)31)17-18-7-5-4-6-8-18/h4-16,23,28H,17H2,1-3H3,(H,27,29)(H,30,31)/t23-/m0/s1. The Balaban J connectivity index is 1.67. The molecule has 0 unspecified atom stereocenters. The molecule has 1 amide bonds. The molecule has 3 rings (SSSR count). The molecular weight excluding hydrogens is 452 g/mol. The maximum atomic E-state index is 12.7. The predicted molar refractivity (Wildman–Crippen MR) is 131 cm³/mol. The van der Waals surface area contributed by atoms with E-state index in [4.69, 9.17) is 0 Å². The second-order valence-corrected chi connectivity index (χ2v) is 10.7. The van der Waals surface area contributed by atoms with Crippen LogP contribution in [0.5, 0.6) is 0 Å². The average molecular weight is 481 g/mol. The van der Waals surface area contributed by atoms with Crippen molar-refractivity contribution in [3.8, 4) is 0 Å². The molecule has 1 atom stereocenters. The van der Waals surface area contributed by atoms with Gasteiger partial charge in [0, 0.05) is 17.7 Å². The van der Waals surface area contributed by atoms with Crippen LogP contribution in [0.25, 0.3) is 0 Å². The quantitative estimate of drug-likeness (QED) is 0.447. The van der Waals surface area contributed by atoms with E-state index in [1.54, 1.807) is 48.5 Å². The van der Waals surface area contributed by atoms with Crippen molar-refractivity contribution in [3.05, 3.63) is 95.6 Å². The van der Waals surface area contributed by atoms with Crippen molar-refractivity contribution < 1.29 is 23.1 Å². The zero-order chi connectivity index (χ0) is 24.9. The van der Waals surface area contributed by atoms with Crippen molar-refractivity contribution in [1.82, 2.24) is 5.32 Å². The fraction of sp³-hybridized carbons (Fsp3) is 0.231. The summed E-state index contributed by atoms with van der Waals surface area (Å²) in [7, 11) is -3.80. The van der Waals surface area contributed by atoms with E-state index in [-0.39, 0.29) is 28.0 Å². The van der Waals surface area contributed by atoms with Gasteiger partial charge in [-0.3, -0.25) is 9.52 Å². The summed E-state index contributed by atoms with van der Waals surface area (Å²) < 4.78 is 27.9. The number of carbonyl (C=O) groups is 2. The van der Waals surface area contributed by atoms with Crippen LogP contribution in [0.3, 0.4) is 0 Å². The van der Waals surface area contributed by atoms with Crippen molar-refractivity contribution >= 4 is 27.6 Å². The van der Waals surface area contributed by atoms with Gasteiger partial charge in [-0.2, -0.15) is 0 Å². The number of aliphatic carboxylic acids is 1. The second-order valence-electron chi connectivity index (χ2n) is 9.01. The topological polar surface area (TPSA) is 113 Å². The van der Waals surface area contributed by atoms with Gasteiger partial charge in [0.05, 0.1) is 4.90 Å². The molecule has 0 aliphatic rings. The molecule has 7 nitrogen and oxygen atoms in total. The van der Waals surface area contributed by atoms with Crippen LogP contribution >= 0.6 is 0 Å². The minimum atomic E-state index is -3.80. The minimum Gasteiger partial charge on any atom is -0.480 e. The summed E-state index contributed by atoms with van der Waals surface area (Å²) in [5.41, 5.74) is 2.23. The van der Waals surface area contributed by atoms with Crippen LogP contribution in [-0.2, 0) is 26.7 Å². The lowest BCUT2D eigenvalue weighted by atomic mass is 9.87. The lowest BCUT2D eigenvalue weighted by Crippen LogP contribution is -2.42. The molecular formula is C26H28N2O5S. The van der Waals surface area contributed by atoms with Gasteiger partial charge in [0.1, 0.15) is 6.04 Å². The summed E-state index contributed by atoms with van der Waals surface area (Å²) in [6.07, 6.45) is 0.147. The molecule has 0 fully saturated rings. The molecule has 3 aromatic rings. The van der Waals surface area contributed by atoms with Gasteiger partial charge in [0.2, 0.25) is 0 Å². The normalized spacial score (nSPS) is 12.6. The molecule has 0 aliphatic heterocycles. The number of amides is 1. The number of nitrogens with one attached hydrogen (secondary N) is 2. The summed E-state index contributed by atoms with van der Waals surface area (Å²) in [5.74, 6) is -1.70. The highest BCUT2D eigenvalue weighted by Gasteiger charge is 2.22. The minimum absolute atomic E-state index is 0.0904. The van der Waals surface area contributed by atoms with E-state index in [9.17, 15) is 23.1 Å². The Morgan fingerprint density at radius 3 is 2.00 bits per heavy atom. The Labute approximate surface area is 199 Å². The molecule has 3 aromatic carbocycles. The maximum absolute atomic E-state index is 12.7. The molecule has 0 saturated heterocycles. The highest BCUT2D eigenvalue weighted by atomic mass is 32.2. The van der Waals surface area contributed by atoms with E-state index in [0.717, 1.165) is 11.1 Å². The smallest absolute Gasteiger partial charge is 0.326 e. The number of carboxylic acids is 1. The van der Waals surface area contributed by atoms with Crippen LogP contribution in [0.2, 0.25) is 0 Å². The van der Waals surface area contributed by atoms with Crippen LogP contribution in [0.4, 0.5) is 5.69 Å². The van der Waals surface area contributed by atoms with Crippen molar-refractivity contribution in [2.24, 2.45) is 0 Å². The molecule has 0 radical (unpaired) electrons. The molecule has 0 heterocycles. The van der Waals surface area contributed by atoms with Crippen molar-refractivity contribution in [2.45, 2.75) is 43.5 Å². The number of hydrogen-bond acceptors (Lipinski definition) is 4. The SMILES string of the molecule is CC(C)(C)c1ccc(S(=O)(=O)Nc2ccc(C(=O)N[C@@H](Cc3ccccc3)C(=O)O)cc2)cc1. The van der Waals surface area contributed by atoms with Gasteiger partial charge in [-0.25, -0.2) is 13.2 Å². The summed E-state index contributed by atoms with van der Waals surface area (Å²) in [5, 5.41) is 12.0. The molecule has 8 heteroatoms. The Kier molecular flexibility index (Phi) is 7.41. The first-order valence-electron chi connectivity index (χ1n) is 10.8. The highest BCUT2D eigenvalue weighted by Crippen LogP contribution is 2.24. The van der Waals surface area contributed by atoms with Crippen LogP contribution in [0, 0.1) is 0 Å². The van der Waals surface area contributed by atoms with Crippen LogP contribution in [0.1, 0.15) is 42.3 Å². The second kappa shape index (κ2) is 10.1. The summed E-state index contributed by atoms with van der Waals surface area (Å²) in [6, 6.07) is 20.4. The summed E-state index contributed by atoms with van der Waals surface area (Å²) in [4.78, 5) is 24.3. The van der Waals surface area contributed by atoms with Gasteiger partial charge in [0.15, 0.2) is 0 Å².